The van der Waals surface area contributed by atoms with E-state index in [0.717, 1.165) is 16.8 Å². The largest absolute Gasteiger partial charge is 0.430 e. The lowest BCUT2D eigenvalue weighted by molar-refractivity contribution is -0.113. The van der Waals surface area contributed by atoms with Crippen LogP contribution < -0.4 is 5.32 Å². The van der Waals surface area contributed by atoms with Crippen LogP contribution in [0.5, 0.6) is 0 Å². The standard InChI is InChI=1S/C16H15N3O2S/c1-10-5-3-6-11(2)14(10)18-13(20)9-22-16-19-15-12(21-16)7-4-8-17-15/h3-8H,9H2,1-2H3,(H,18,20). The number of benzene rings is 1. The van der Waals surface area contributed by atoms with Crippen LogP contribution in [0.15, 0.2) is 46.2 Å². The van der Waals surface area contributed by atoms with Crippen molar-refractivity contribution in [2.24, 2.45) is 0 Å². The molecule has 1 N–H and O–H groups in total. The van der Waals surface area contributed by atoms with Gasteiger partial charge in [-0.2, -0.15) is 4.98 Å². The van der Waals surface area contributed by atoms with Crippen LogP contribution in [0.25, 0.3) is 11.2 Å². The maximum Gasteiger partial charge on any atom is 0.258 e. The summed E-state index contributed by atoms with van der Waals surface area (Å²) in [4.78, 5) is 20.4. The van der Waals surface area contributed by atoms with Crippen molar-refractivity contribution in [1.82, 2.24) is 9.97 Å². The van der Waals surface area contributed by atoms with Gasteiger partial charge in [0.2, 0.25) is 5.91 Å². The summed E-state index contributed by atoms with van der Waals surface area (Å²) in [5.74, 6) is 0.151. The molecule has 5 nitrogen and oxygen atoms in total. The van der Waals surface area contributed by atoms with Gasteiger partial charge in [-0.05, 0) is 37.1 Å². The summed E-state index contributed by atoms with van der Waals surface area (Å²) in [6, 6.07) is 9.51. The molecule has 3 aromatic rings. The minimum atomic E-state index is -0.0855. The van der Waals surface area contributed by atoms with E-state index >= 15 is 0 Å². The normalized spacial score (nSPS) is 10.8. The van der Waals surface area contributed by atoms with E-state index < -0.39 is 0 Å². The summed E-state index contributed by atoms with van der Waals surface area (Å²) in [6.45, 7) is 3.95. The number of thioether (sulfide) groups is 1. The molecule has 0 aliphatic heterocycles. The van der Waals surface area contributed by atoms with Crippen molar-refractivity contribution in [3.63, 3.8) is 0 Å². The Kier molecular flexibility index (Phi) is 4.11. The lowest BCUT2D eigenvalue weighted by Crippen LogP contribution is -2.15. The first kappa shape index (κ1) is 14.6. The Morgan fingerprint density at radius 1 is 1.23 bits per heavy atom. The number of anilines is 1. The first-order valence-electron chi connectivity index (χ1n) is 6.84. The second-order valence-corrected chi connectivity index (χ2v) is 5.84. The van der Waals surface area contributed by atoms with Crippen molar-refractivity contribution in [3.8, 4) is 0 Å². The van der Waals surface area contributed by atoms with E-state index in [1.54, 1.807) is 18.3 Å². The molecule has 2 aromatic heterocycles. The molecule has 0 bridgehead atoms. The topological polar surface area (TPSA) is 68.0 Å². The number of nitrogens with zero attached hydrogens (tertiary/aromatic N) is 2. The Morgan fingerprint density at radius 2 is 2.00 bits per heavy atom. The Morgan fingerprint density at radius 3 is 2.73 bits per heavy atom. The number of carbonyl (C=O) groups is 1. The van der Waals surface area contributed by atoms with Crippen molar-refractivity contribution >= 4 is 34.6 Å². The van der Waals surface area contributed by atoms with Gasteiger partial charge in [-0.3, -0.25) is 4.79 Å². The molecule has 2 heterocycles. The molecule has 22 heavy (non-hydrogen) atoms. The number of carbonyl (C=O) groups excluding carboxylic acids is 1. The predicted molar refractivity (Wildman–Crippen MR) is 87.1 cm³/mol. The molecular formula is C16H15N3O2S. The lowest BCUT2D eigenvalue weighted by atomic mass is 10.1. The molecule has 0 fully saturated rings. The van der Waals surface area contributed by atoms with Crippen molar-refractivity contribution in [3.05, 3.63) is 47.7 Å². The number of amides is 1. The third-order valence-corrected chi connectivity index (χ3v) is 4.05. The molecule has 112 valence electrons. The summed E-state index contributed by atoms with van der Waals surface area (Å²) < 4.78 is 5.53. The number of hydrogen-bond donors (Lipinski definition) is 1. The van der Waals surface area contributed by atoms with E-state index in [0.29, 0.717) is 16.5 Å². The average Bonchev–Trinajstić information content (AvgIpc) is 2.92. The highest BCUT2D eigenvalue weighted by Crippen LogP contribution is 2.23. The molecule has 0 saturated carbocycles. The van der Waals surface area contributed by atoms with Gasteiger partial charge >= 0.3 is 0 Å². The molecule has 1 amide bonds. The first-order chi connectivity index (χ1) is 10.6. The maximum atomic E-state index is 12.1. The summed E-state index contributed by atoms with van der Waals surface area (Å²) in [7, 11) is 0. The molecule has 0 spiro atoms. The van der Waals surface area contributed by atoms with Crippen LogP contribution >= 0.6 is 11.8 Å². The number of aromatic nitrogens is 2. The van der Waals surface area contributed by atoms with Crippen LogP contribution in [0, 0.1) is 13.8 Å². The van der Waals surface area contributed by atoms with Gasteiger partial charge in [0.1, 0.15) is 0 Å². The summed E-state index contributed by atoms with van der Waals surface area (Å²) >= 11 is 1.26. The second-order valence-electron chi connectivity index (χ2n) is 4.91. The fourth-order valence-electron chi connectivity index (χ4n) is 2.13. The number of rotatable bonds is 4. The molecule has 0 saturated heterocycles. The van der Waals surface area contributed by atoms with Crippen LogP contribution in [0.3, 0.4) is 0 Å². The molecular weight excluding hydrogens is 298 g/mol. The van der Waals surface area contributed by atoms with Crippen LogP contribution in [-0.2, 0) is 4.79 Å². The van der Waals surface area contributed by atoms with Gasteiger partial charge in [0.05, 0.1) is 5.75 Å². The van der Waals surface area contributed by atoms with E-state index in [2.05, 4.69) is 15.3 Å². The van der Waals surface area contributed by atoms with Crippen LogP contribution in [0.2, 0.25) is 0 Å². The first-order valence-corrected chi connectivity index (χ1v) is 7.82. The third-order valence-electron chi connectivity index (χ3n) is 3.22. The van der Waals surface area contributed by atoms with E-state index in [-0.39, 0.29) is 11.7 Å². The molecule has 1 aromatic carbocycles. The van der Waals surface area contributed by atoms with E-state index in [1.165, 1.54) is 11.8 Å². The summed E-state index contributed by atoms with van der Waals surface area (Å²) in [5.41, 5.74) is 4.14. The minimum Gasteiger partial charge on any atom is -0.430 e. The zero-order chi connectivity index (χ0) is 15.5. The van der Waals surface area contributed by atoms with Crippen LogP contribution in [-0.4, -0.2) is 21.6 Å². The van der Waals surface area contributed by atoms with Gasteiger partial charge in [0.25, 0.3) is 5.22 Å². The Hall–Kier alpha value is -2.34. The van der Waals surface area contributed by atoms with Crippen LogP contribution in [0.1, 0.15) is 11.1 Å². The van der Waals surface area contributed by atoms with Gasteiger partial charge in [-0.1, -0.05) is 30.0 Å². The smallest absolute Gasteiger partial charge is 0.258 e. The van der Waals surface area contributed by atoms with E-state index in [1.807, 2.05) is 32.0 Å². The monoisotopic (exact) mass is 313 g/mol. The number of para-hydroxylation sites is 1. The van der Waals surface area contributed by atoms with Gasteiger partial charge in [0.15, 0.2) is 11.2 Å². The molecule has 6 heteroatoms. The summed E-state index contributed by atoms with van der Waals surface area (Å²) in [5, 5.41) is 3.39. The quantitative estimate of drug-likeness (QED) is 0.746. The van der Waals surface area contributed by atoms with Crippen molar-refractivity contribution in [2.45, 2.75) is 19.1 Å². The number of pyridine rings is 1. The number of hydrogen-bond acceptors (Lipinski definition) is 5. The predicted octanol–water partition coefficient (Wildman–Crippen LogP) is 3.57. The van der Waals surface area contributed by atoms with Gasteiger partial charge < -0.3 is 9.73 Å². The Bertz CT molecular complexity index is 776. The third kappa shape index (κ3) is 3.12. The Labute approximate surface area is 132 Å². The van der Waals surface area contributed by atoms with Crippen molar-refractivity contribution < 1.29 is 9.21 Å². The highest BCUT2D eigenvalue weighted by molar-refractivity contribution is 7.99. The zero-order valence-electron chi connectivity index (χ0n) is 12.3. The SMILES string of the molecule is Cc1cccc(C)c1NC(=O)CSc1nc2ncccc2o1. The average molecular weight is 313 g/mol. The van der Waals surface area contributed by atoms with Gasteiger partial charge in [0, 0.05) is 11.9 Å². The molecule has 3 rings (SSSR count). The number of fused-ring (bicyclic) bond motifs is 1. The number of nitrogens with one attached hydrogen (secondary N) is 1. The molecule has 0 aliphatic rings. The maximum absolute atomic E-state index is 12.1. The molecule has 0 unspecified atom stereocenters. The summed E-state index contributed by atoms with van der Waals surface area (Å²) in [6.07, 6.45) is 1.66. The lowest BCUT2D eigenvalue weighted by Gasteiger charge is -2.10. The fourth-order valence-corrected chi connectivity index (χ4v) is 2.75. The van der Waals surface area contributed by atoms with E-state index in [9.17, 15) is 4.79 Å². The highest BCUT2D eigenvalue weighted by atomic mass is 32.2. The molecule has 0 radical (unpaired) electrons. The highest BCUT2D eigenvalue weighted by Gasteiger charge is 2.11. The van der Waals surface area contributed by atoms with Crippen molar-refractivity contribution in [1.29, 1.82) is 0 Å². The molecule has 0 atom stereocenters. The van der Waals surface area contributed by atoms with E-state index in [4.69, 9.17) is 4.42 Å². The van der Waals surface area contributed by atoms with Crippen LogP contribution in [0.4, 0.5) is 5.69 Å². The number of oxazole rings is 1. The van der Waals surface area contributed by atoms with Crippen molar-refractivity contribution in [2.75, 3.05) is 11.1 Å². The van der Waals surface area contributed by atoms with Gasteiger partial charge in [-0.25, -0.2) is 4.98 Å². The number of aryl methyl sites for hydroxylation is 2. The second kappa shape index (κ2) is 6.19. The fraction of sp³-hybridized carbons (Fsp3) is 0.188. The minimum absolute atomic E-state index is 0.0855. The zero-order valence-corrected chi connectivity index (χ0v) is 13.1. The van der Waals surface area contributed by atoms with Gasteiger partial charge in [-0.15, -0.1) is 0 Å². The molecule has 0 aliphatic carbocycles. The Balaban J connectivity index is 1.65.